The number of rotatable bonds is 7. The highest BCUT2D eigenvalue weighted by atomic mass is 16.5. The van der Waals surface area contributed by atoms with E-state index < -0.39 is 6.04 Å². The number of hydrogen-bond acceptors (Lipinski definition) is 4. The van der Waals surface area contributed by atoms with E-state index in [0.29, 0.717) is 12.3 Å². The lowest BCUT2D eigenvalue weighted by Gasteiger charge is -2.22. The van der Waals surface area contributed by atoms with Crippen LogP contribution in [-0.4, -0.2) is 28.5 Å². The van der Waals surface area contributed by atoms with Crippen LogP contribution in [0.5, 0.6) is 11.5 Å². The first-order valence-corrected chi connectivity index (χ1v) is 10.4. The standard InChI is InChI=1S/C23H28N4O2/c24-20(23(28)27-15-17-4-2-1-3-5-17)14-16-6-8-18(9-7-16)29-21-11-13-26-22-19(21)10-12-25-22/h6-13,17,20H,1-5,14-15,24H2,(H,25,26)(H,27,28)/t20-/m1/s1. The first kappa shape index (κ1) is 19.5. The normalized spacial score (nSPS) is 15.9. The summed E-state index contributed by atoms with van der Waals surface area (Å²) in [5.41, 5.74) is 7.93. The summed E-state index contributed by atoms with van der Waals surface area (Å²) < 4.78 is 5.99. The van der Waals surface area contributed by atoms with Gasteiger partial charge in [0.1, 0.15) is 17.1 Å². The largest absolute Gasteiger partial charge is 0.457 e. The van der Waals surface area contributed by atoms with Crippen LogP contribution >= 0.6 is 0 Å². The average Bonchev–Trinajstić information content (AvgIpc) is 3.24. The molecule has 0 radical (unpaired) electrons. The van der Waals surface area contributed by atoms with Crippen molar-refractivity contribution in [3.63, 3.8) is 0 Å². The molecule has 0 saturated heterocycles. The number of H-pyrrole nitrogens is 1. The van der Waals surface area contributed by atoms with E-state index in [1.807, 2.05) is 42.6 Å². The third-order valence-electron chi connectivity index (χ3n) is 5.65. The Bertz CT molecular complexity index is 945. The van der Waals surface area contributed by atoms with Gasteiger partial charge in [-0.2, -0.15) is 0 Å². The highest BCUT2D eigenvalue weighted by Crippen LogP contribution is 2.28. The van der Waals surface area contributed by atoms with Gasteiger partial charge in [-0.05, 0) is 55.0 Å². The maximum absolute atomic E-state index is 12.3. The van der Waals surface area contributed by atoms with Crippen molar-refractivity contribution < 1.29 is 9.53 Å². The summed E-state index contributed by atoms with van der Waals surface area (Å²) in [6, 6.07) is 11.0. The molecule has 1 saturated carbocycles. The molecular weight excluding hydrogens is 364 g/mol. The number of amides is 1. The van der Waals surface area contributed by atoms with Crippen molar-refractivity contribution in [1.29, 1.82) is 0 Å². The molecule has 3 aromatic rings. The number of aromatic amines is 1. The summed E-state index contributed by atoms with van der Waals surface area (Å²) in [5, 5.41) is 3.97. The van der Waals surface area contributed by atoms with Crippen LogP contribution in [0.3, 0.4) is 0 Å². The van der Waals surface area contributed by atoms with E-state index in [1.54, 1.807) is 6.20 Å². The molecular formula is C23H28N4O2. The highest BCUT2D eigenvalue weighted by Gasteiger charge is 2.18. The summed E-state index contributed by atoms with van der Waals surface area (Å²) in [6.45, 7) is 0.749. The minimum Gasteiger partial charge on any atom is -0.457 e. The maximum Gasteiger partial charge on any atom is 0.237 e. The van der Waals surface area contributed by atoms with Crippen molar-refractivity contribution >= 4 is 16.9 Å². The molecule has 2 aromatic heterocycles. The molecule has 2 heterocycles. The molecule has 0 aliphatic heterocycles. The monoisotopic (exact) mass is 392 g/mol. The van der Waals surface area contributed by atoms with Gasteiger partial charge in [0.25, 0.3) is 0 Å². The van der Waals surface area contributed by atoms with E-state index in [-0.39, 0.29) is 5.91 Å². The Balaban J connectivity index is 1.30. The van der Waals surface area contributed by atoms with Crippen molar-refractivity contribution in [2.75, 3.05) is 6.54 Å². The molecule has 4 rings (SSSR count). The van der Waals surface area contributed by atoms with Crippen LogP contribution in [0.25, 0.3) is 11.0 Å². The molecule has 0 unspecified atom stereocenters. The minimum atomic E-state index is -0.537. The quantitative estimate of drug-likeness (QED) is 0.568. The lowest BCUT2D eigenvalue weighted by molar-refractivity contribution is -0.122. The van der Waals surface area contributed by atoms with Gasteiger partial charge in [-0.25, -0.2) is 4.98 Å². The predicted octanol–water partition coefficient (Wildman–Crippen LogP) is 3.92. The molecule has 152 valence electrons. The first-order chi connectivity index (χ1) is 14.2. The zero-order chi connectivity index (χ0) is 20.1. The molecule has 6 nitrogen and oxygen atoms in total. The molecule has 1 amide bonds. The van der Waals surface area contributed by atoms with Gasteiger partial charge < -0.3 is 20.8 Å². The van der Waals surface area contributed by atoms with Crippen LogP contribution in [0.1, 0.15) is 37.7 Å². The molecule has 1 aromatic carbocycles. The molecule has 6 heteroatoms. The van der Waals surface area contributed by atoms with Crippen LogP contribution in [0.2, 0.25) is 0 Å². The number of nitrogens with two attached hydrogens (primary N) is 1. The number of nitrogens with zero attached hydrogens (tertiary/aromatic N) is 1. The molecule has 0 spiro atoms. The molecule has 1 aliphatic rings. The minimum absolute atomic E-state index is 0.0671. The molecule has 1 aliphatic carbocycles. The van der Waals surface area contributed by atoms with Gasteiger partial charge in [0.2, 0.25) is 5.91 Å². The van der Waals surface area contributed by atoms with E-state index in [4.69, 9.17) is 10.5 Å². The third kappa shape index (κ3) is 4.95. The number of carbonyl (C=O) groups is 1. The van der Waals surface area contributed by atoms with E-state index in [0.717, 1.165) is 34.6 Å². The van der Waals surface area contributed by atoms with Gasteiger partial charge in [0.15, 0.2) is 0 Å². The lowest BCUT2D eigenvalue weighted by atomic mass is 9.89. The number of aromatic nitrogens is 2. The molecule has 0 bridgehead atoms. The van der Waals surface area contributed by atoms with E-state index in [9.17, 15) is 4.79 Å². The summed E-state index contributed by atoms with van der Waals surface area (Å²) >= 11 is 0. The van der Waals surface area contributed by atoms with Crippen molar-refractivity contribution in [3.05, 3.63) is 54.4 Å². The Morgan fingerprint density at radius 2 is 1.97 bits per heavy atom. The van der Waals surface area contributed by atoms with Crippen LogP contribution in [0.4, 0.5) is 0 Å². The van der Waals surface area contributed by atoms with Gasteiger partial charge in [-0.15, -0.1) is 0 Å². The Kier molecular flexibility index (Phi) is 6.10. The molecule has 4 N–H and O–H groups in total. The van der Waals surface area contributed by atoms with Crippen molar-refractivity contribution in [3.8, 4) is 11.5 Å². The summed E-state index contributed by atoms with van der Waals surface area (Å²) in [4.78, 5) is 19.7. The number of hydrogen-bond donors (Lipinski definition) is 3. The fourth-order valence-corrected chi connectivity index (χ4v) is 3.96. The summed E-state index contributed by atoms with van der Waals surface area (Å²) in [7, 11) is 0. The van der Waals surface area contributed by atoms with Crippen LogP contribution in [-0.2, 0) is 11.2 Å². The number of carbonyl (C=O) groups excluding carboxylic acids is 1. The van der Waals surface area contributed by atoms with E-state index >= 15 is 0 Å². The topological polar surface area (TPSA) is 93.0 Å². The Morgan fingerprint density at radius 1 is 1.17 bits per heavy atom. The van der Waals surface area contributed by atoms with Crippen molar-refractivity contribution in [1.82, 2.24) is 15.3 Å². The summed E-state index contributed by atoms with van der Waals surface area (Å²) in [6.07, 6.45) is 10.4. The van der Waals surface area contributed by atoms with E-state index in [2.05, 4.69) is 15.3 Å². The number of fused-ring (bicyclic) bond motifs is 1. The number of ether oxygens (including phenoxy) is 1. The van der Waals surface area contributed by atoms with E-state index in [1.165, 1.54) is 32.1 Å². The maximum atomic E-state index is 12.3. The predicted molar refractivity (Wildman–Crippen MR) is 114 cm³/mol. The van der Waals surface area contributed by atoms with Crippen molar-refractivity contribution in [2.24, 2.45) is 11.7 Å². The van der Waals surface area contributed by atoms with Crippen LogP contribution in [0.15, 0.2) is 48.8 Å². The van der Waals surface area contributed by atoms with Gasteiger partial charge in [0, 0.05) is 18.9 Å². The average molecular weight is 393 g/mol. The lowest BCUT2D eigenvalue weighted by Crippen LogP contribution is -2.43. The fraction of sp³-hybridized carbons (Fsp3) is 0.391. The third-order valence-corrected chi connectivity index (χ3v) is 5.65. The Morgan fingerprint density at radius 3 is 2.76 bits per heavy atom. The van der Waals surface area contributed by atoms with Crippen LogP contribution < -0.4 is 15.8 Å². The molecule has 1 fully saturated rings. The summed E-state index contributed by atoms with van der Waals surface area (Å²) in [5.74, 6) is 2.03. The SMILES string of the molecule is N[C@H](Cc1ccc(Oc2ccnc3[nH]ccc23)cc1)C(=O)NCC1CCCCC1. The second-order valence-electron chi connectivity index (χ2n) is 7.85. The van der Waals surface area contributed by atoms with Gasteiger partial charge in [-0.1, -0.05) is 31.4 Å². The zero-order valence-electron chi connectivity index (χ0n) is 16.6. The second kappa shape index (κ2) is 9.09. The van der Waals surface area contributed by atoms with Gasteiger partial charge in [0.05, 0.1) is 11.4 Å². The smallest absolute Gasteiger partial charge is 0.237 e. The Labute approximate surface area is 170 Å². The first-order valence-electron chi connectivity index (χ1n) is 10.4. The Hall–Kier alpha value is -2.86. The van der Waals surface area contributed by atoms with Crippen LogP contribution in [0, 0.1) is 5.92 Å². The fourth-order valence-electron chi connectivity index (χ4n) is 3.96. The molecule has 29 heavy (non-hydrogen) atoms. The van der Waals surface area contributed by atoms with Crippen molar-refractivity contribution in [2.45, 2.75) is 44.6 Å². The number of benzene rings is 1. The molecule has 1 atom stereocenters. The highest BCUT2D eigenvalue weighted by molar-refractivity contribution is 5.82. The zero-order valence-corrected chi connectivity index (χ0v) is 16.6. The van der Waals surface area contributed by atoms with Gasteiger partial charge >= 0.3 is 0 Å². The number of nitrogens with one attached hydrogen (secondary N) is 2. The second-order valence-corrected chi connectivity index (χ2v) is 7.85. The number of pyridine rings is 1. The van der Waals surface area contributed by atoms with Gasteiger partial charge in [-0.3, -0.25) is 4.79 Å².